The Balaban J connectivity index is 2.54. The van der Waals surface area contributed by atoms with E-state index >= 15 is 0 Å². The van der Waals surface area contributed by atoms with Crippen molar-refractivity contribution in [2.75, 3.05) is 5.32 Å². The molecule has 1 aromatic carbocycles. The molecule has 0 unspecified atom stereocenters. The molecule has 16 heavy (non-hydrogen) atoms. The Kier molecular flexibility index (Phi) is 2.19. The lowest BCUT2D eigenvalue weighted by Gasteiger charge is -2.06. The standard InChI is InChI=1S/C9H5Cl3N4/c10-5-3-1-2-4-6(5)13-9-15-7(11)14-8(12)16-9/h1-4H,(H,13,14,15,16)/i1D,2D,3D,4D. The van der Waals surface area contributed by atoms with Crippen molar-refractivity contribution in [2.24, 2.45) is 0 Å². The van der Waals surface area contributed by atoms with E-state index in [1.54, 1.807) is 0 Å². The normalized spacial score (nSPS) is 13.7. The van der Waals surface area contributed by atoms with Gasteiger partial charge in [0.1, 0.15) is 0 Å². The van der Waals surface area contributed by atoms with Gasteiger partial charge < -0.3 is 5.32 Å². The third-order valence-electron chi connectivity index (χ3n) is 1.46. The molecule has 1 N–H and O–H groups in total. The van der Waals surface area contributed by atoms with Gasteiger partial charge >= 0.3 is 0 Å². The van der Waals surface area contributed by atoms with Crippen molar-refractivity contribution in [1.29, 1.82) is 0 Å². The highest BCUT2D eigenvalue weighted by Gasteiger charge is 2.05. The Morgan fingerprint density at radius 1 is 1.00 bits per heavy atom. The SMILES string of the molecule is [2H]c1c([2H])c([2H])c(Nc2nc(Cl)nc(Cl)n2)c(Cl)c1[2H]. The van der Waals surface area contributed by atoms with E-state index < -0.39 is 12.1 Å². The van der Waals surface area contributed by atoms with Crippen LogP contribution in [-0.2, 0) is 0 Å². The molecule has 4 nitrogen and oxygen atoms in total. The zero-order valence-corrected chi connectivity index (χ0v) is 9.74. The van der Waals surface area contributed by atoms with Crippen LogP contribution in [0.1, 0.15) is 5.48 Å². The zero-order chi connectivity index (χ0) is 15.0. The number of nitrogens with zero attached hydrogens (tertiary/aromatic N) is 3. The van der Waals surface area contributed by atoms with Gasteiger partial charge in [-0.3, -0.25) is 0 Å². The molecule has 0 aliphatic rings. The number of rotatable bonds is 2. The largest absolute Gasteiger partial charge is 0.323 e. The first-order valence-corrected chi connectivity index (χ1v) is 5.04. The first-order chi connectivity index (χ1) is 9.31. The van der Waals surface area contributed by atoms with Crippen LogP contribution in [0, 0.1) is 0 Å². The number of hydrogen-bond donors (Lipinski definition) is 1. The molecule has 7 heteroatoms. The number of anilines is 2. The molecule has 0 radical (unpaired) electrons. The highest BCUT2D eigenvalue weighted by molar-refractivity contribution is 6.33. The van der Waals surface area contributed by atoms with Gasteiger partial charge in [0.05, 0.1) is 16.2 Å². The van der Waals surface area contributed by atoms with E-state index in [-0.39, 0.29) is 39.3 Å². The first-order valence-electron chi connectivity index (χ1n) is 5.91. The van der Waals surface area contributed by atoms with Crippen LogP contribution in [0.4, 0.5) is 11.6 Å². The Bertz CT molecular complexity index is 648. The van der Waals surface area contributed by atoms with Gasteiger partial charge in [0.25, 0.3) is 0 Å². The van der Waals surface area contributed by atoms with E-state index in [4.69, 9.17) is 40.3 Å². The van der Waals surface area contributed by atoms with Gasteiger partial charge in [-0.1, -0.05) is 23.7 Å². The topological polar surface area (TPSA) is 50.7 Å². The number of aromatic nitrogens is 3. The molecule has 0 amide bonds. The molecule has 1 aromatic heterocycles. The van der Waals surface area contributed by atoms with Gasteiger partial charge in [0.2, 0.25) is 16.5 Å². The molecule has 0 bridgehead atoms. The maximum atomic E-state index is 7.76. The Morgan fingerprint density at radius 2 is 1.62 bits per heavy atom. The van der Waals surface area contributed by atoms with Gasteiger partial charge in [-0.15, -0.1) is 0 Å². The molecule has 0 saturated heterocycles. The van der Waals surface area contributed by atoms with Crippen LogP contribution < -0.4 is 5.32 Å². The van der Waals surface area contributed by atoms with Crippen LogP contribution in [0.15, 0.2) is 24.2 Å². The maximum absolute atomic E-state index is 7.76. The predicted octanol–water partition coefficient (Wildman–Crippen LogP) is 3.58. The fraction of sp³-hybridized carbons (Fsp3) is 0. The summed E-state index contributed by atoms with van der Waals surface area (Å²) in [7, 11) is 0. The number of nitrogens with one attached hydrogen (secondary N) is 1. The van der Waals surface area contributed by atoms with Crippen molar-refractivity contribution in [1.82, 2.24) is 15.0 Å². The molecular weight excluding hydrogens is 270 g/mol. The van der Waals surface area contributed by atoms with Gasteiger partial charge in [-0.2, -0.15) is 15.0 Å². The van der Waals surface area contributed by atoms with Crippen molar-refractivity contribution in [3.05, 3.63) is 39.8 Å². The van der Waals surface area contributed by atoms with Gasteiger partial charge in [-0.05, 0) is 35.3 Å². The molecule has 2 aromatic rings. The summed E-state index contributed by atoms with van der Waals surface area (Å²) in [5.41, 5.74) is -0.0731. The van der Waals surface area contributed by atoms with Crippen LogP contribution in [0.2, 0.25) is 15.6 Å². The summed E-state index contributed by atoms with van der Waals surface area (Å²) in [5.74, 6) is -0.0815. The van der Waals surface area contributed by atoms with Crippen molar-refractivity contribution in [2.45, 2.75) is 0 Å². The second-order valence-corrected chi connectivity index (χ2v) is 3.57. The molecule has 0 saturated carbocycles. The van der Waals surface area contributed by atoms with Crippen LogP contribution in [0.3, 0.4) is 0 Å². The van der Waals surface area contributed by atoms with E-state index in [9.17, 15) is 0 Å². The quantitative estimate of drug-likeness (QED) is 0.913. The maximum Gasteiger partial charge on any atom is 0.232 e. The van der Waals surface area contributed by atoms with Gasteiger partial charge in [0, 0.05) is 0 Å². The molecule has 0 spiro atoms. The Labute approximate surface area is 112 Å². The lowest BCUT2D eigenvalue weighted by atomic mass is 10.3. The average Bonchev–Trinajstić information content (AvgIpc) is 2.38. The van der Waals surface area contributed by atoms with Gasteiger partial charge in [-0.25, -0.2) is 0 Å². The fourth-order valence-electron chi connectivity index (χ4n) is 0.877. The molecule has 82 valence electrons. The molecular formula is C9H5Cl3N4. The van der Waals surface area contributed by atoms with E-state index in [0.29, 0.717) is 0 Å². The van der Waals surface area contributed by atoms with Crippen LogP contribution in [0.5, 0.6) is 0 Å². The summed E-state index contributed by atoms with van der Waals surface area (Å²) in [4.78, 5) is 11.0. The zero-order valence-electron chi connectivity index (χ0n) is 11.5. The third-order valence-corrected chi connectivity index (χ3v) is 2.08. The Morgan fingerprint density at radius 3 is 2.31 bits per heavy atom. The van der Waals surface area contributed by atoms with Crippen LogP contribution in [-0.4, -0.2) is 15.0 Å². The molecule has 0 aliphatic carbocycles. The number of benzene rings is 1. The second kappa shape index (κ2) is 4.82. The summed E-state index contributed by atoms with van der Waals surface area (Å²) in [5, 5.41) is 2.04. The predicted molar refractivity (Wildman–Crippen MR) is 64.6 cm³/mol. The summed E-state index contributed by atoms with van der Waals surface area (Å²) < 4.78 is 30.4. The second-order valence-electron chi connectivity index (χ2n) is 2.51. The highest BCUT2D eigenvalue weighted by Crippen LogP contribution is 2.23. The first kappa shape index (κ1) is 7.27. The lowest BCUT2D eigenvalue weighted by Crippen LogP contribution is -1.99. The van der Waals surface area contributed by atoms with Crippen LogP contribution >= 0.6 is 34.8 Å². The number of hydrogen-bond acceptors (Lipinski definition) is 4. The van der Waals surface area contributed by atoms with Crippen LogP contribution in [0.25, 0.3) is 0 Å². The molecule has 0 aliphatic heterocycles. The third kappa shape index (κ3) is 2.72. The van der Waals surface area contributed by atoms with Crippen molar-refractivity contribution < 1.29 is 5.48 Å². The minimum absolute atomic E-state index is 0.0731. The summed E-state index contributed by atoms with van der Waals surface area (Å²) in [6.07, 6.45) is 0. The fourth-order valence-corrected chi connectivity index (χ4v) is 1.38. The summed E-state index contributed by atoms with van der Waals surface area (Å²) >= 11 is 17.1. The molecule has 0 fully saturated rings. The van der Waals surface area contributed by atoms with Crippen molar-refractivity contribution >= 4 is 46.4 Å². The van der Waals surface area contributed by atoms with E-state index in [0.717, 1.165) is 0 Å². The minimum Gasteiger partial charge on any atom is -0.323 e. The molecule has 1 heterocycles. The lowest BCUT2D eigenvalue weighted by molar-refractivity contribution is 1.05. The smallest absolute Gasteiger partial charge is 0.232 e. The average molecular weight is 280 g/mol. The molecule has 0 atom stereocenters. The number of halogens is 3. The molecule has 2 rings (SSSR count). The van der Waals surface area contributed by atoms with E-state index in [1.165, 1.54) is 0 Å². The van der Waals surface area contributed by atoms with Gasteiger partial charge in [0.15, 0.2) is 0 Å². The highest BCUT2D eigenvalue weighted by atomic mass is 35.5. The summed E-state index contributed by atoms with van der Waals surface area (Å²) in [6.45, 7) is 0. The van der Waals surface area contributed by atoms with E-state index in [2.05, 4.69) is 20.3 Å². The van der Waals surface area contributed by atoms with E-state index in [1.807, 2.05) is 0 Å². The minimum atomic E-state index is -0.437. The Hall–Kier alpha value is -1.10. The number of para-hydroxylation sites is 1. The summed E-state index contributed by atoms with van der Waals surface area (Å²) in [6, 6.07) is -1.60. The van der Waals surface area contributed by atoms with Crippen molar-refractivity contribution in [3.63, 3.8) is 0 Å². The monoisotopic (exact) mass is 278 g/mol. The van der Waals surface area contributed by atoms with Crippen molar-refractivity contribution in [3.8, 4) is 0 Å².